The van der Waals surface area contributed by atoms with Gasteiger partial charge in [-0.25, -0.2) is 0 Å². The summed E-state index contributed by atoms with van der Waals surface area (Å²) in [6, 6.07) is 0. The molecule has 144 valence electrons. The van der Waals surface area contributed by atoms with Crippen LogP contribution in [0.5, 0.6) is 0 Å². The highest BCUT2D eigenvalue weighted by molar-refractivity contribution is 5.69. The van der Waals surface area contributed by atoms with Gasteiger partial charge in [0.05, 0.1) is 6.54 Å². The van der Waals surface area contributed by atoms with Crippen LogP contribution in [-0.4, -0.2) is 61.1 Å². The van der Waals surface area contributed by atoms with Gasteiger partial charge in [-0.2, -0.15) is 0 Å². The highest BCUT2D eigenvalue weighted by atomic mass is 16.7. The number of esters is 4. The zero-order valence-corrected chi connectivity index (χ0v) is 14.6. The molecule has 0 N–H and O–H groups in total. The fraction of sp³-hybridized carbons (Fsp3) is 0.714. The zero-order valence-electron chi connectivity index (χ0n) is 14.6. The van der Waals surface area contributed by atoms with Crippen LogP contribution in [0.1, 0.15) is 27.7 Å². The molecule has 1 saturated heterocycles. The van der Waals surface area contributed by atoms with E-state index in [2.05, 4.69) is 10.0 Å². The van der Waals surface area contributed by atoms with Crippen molar-refractivity contribution in [1.29, 1.82) is 0 Å². The van der Waals surface area contributed by atoms with Crippen molar-refractivity contribution < 1.29 is 42.9 Å². The van der Waals surface area contributed by atoms with E-state index in [1.165, 1.54) is 0 Å². The predicted molar refractivity (Wildman–Crippen MR) is 81.1 cm³/mol. The molecule has 5 atom stereocenters. The number of hydrogen-bond donors (Lipinski definition) is 0. The maximum Gasteiger partial charge on any atom is 0.305 e. The highest BCUT2D eigenvalue weighted by Crippen LogP contribution is 2.29. The standard InChI is InChI=1S/C14H19N3O9/c1-6(18)22-11-10(5-16-17-15)26-14(25-9(4)21)13(24-8(3)20)12(11)23-7(2)19/h10-14H,5H2,1-4H3/t10?,11-,12+,13?,14+/m1/s1. The van der Waals surface area contributed by atoms with Crippen LogP contribution in [0.15, 0.2) is 5.11 Å². The fourth-order valence-electron chi connectivity index (χ4n) is 2.38. The third-order valence-electron chi connectivity index (χ3n) is 3.10. The summed E-state index contributed by atoms with van der Waals surface area (Å²) in [4.78, 5) is 48.3. The minimum Gasteiger partial charge on any atom is -0.456 e. The Bertz CT molecular complexity index is 587. The van der Waals surface area contributed by atoms with E-state index in [9.17, 15) is 19.2 Å². The lowest BCUT2D eigenvalue weighted by molar-refractivity contribution is -0.293. The van der Waals surface area contributed by atoms with E-state index in [1.807, 2.05) is 0 Å². The molecule has 12 nitrogen and oxygen atoms in total. The van der Waals surface area contributed by atoms with Gasteiger partial charge < -0.3 is 23.7 Å². The first-order chi connectivity index (χ1) is 12.1. The second kappa shape index (κ2) is 9.59. The summed E-state index contributed by atoms with van der Waals surface area (Å²) in [6.45, 7) is 4.05. The van der Waals surface area contributed by atoms with Crippen molar-refractivity contribution in [2.45, 2.75) is 58.4 Å². The predicted octanol–water partition coefficient (Wildman–Crippen LogP) is 0.380. The van der Waals surface area contributed by atoms with Crippen LogP contribution in [0, 0.1) is 0 Å². The van der Waals surface area contributed by atoms with Crippen molar-refractivity contribution in [1.82, 2.24) is 0 Å². The summed E-state index contributed by atoms with van der Waals surface area (Å²) in [6.07, 6.45) is -6.59. The number of rotatable bonds is 6. The van der Waals surface area contributed by atoms with Crippen molar-refractivity contribution >= 4 is 23.9 Å². The lowest BCUT2D eigenvalue weighted by atomic mass is 9.97. The quantitative estimate of drug-likeness (QED) is 0.210. The van der Waals surface area contributed by atoms with Crippen LogP contribution in [0.25, 0.3) is 10.4 Å². The first-order valence-corrected chi connectivity index (χ1v) is 7.51. The molecule has 0 bridgehead atoms. The molecule has 26 heavy (non-hydrogen) atoms. The normalized spacial score (nSPS) is 27.5. The molecule has 0 aromatic carbocycles. The smallest absolute Gasteiger partial charge is 0.305 e. The van der Waals surface area contributed by atoms with E-state index in [-0.39, 0.29) is 6.54 Å². The molecule has 1 aliphatic rings. The van der Waals surface area contributed by atoms with E-state index < -0.39 is 54.6 Å². The van der Waals surface area contributed by atoms with E-state index in [4.69, 9.17) is 29.2 Å². The maximum absolute atomic E-state index is 11.5. The molecule has 2 unspecified atom stereocenters. The molecule has 12 heteroatoms. The molecular weight excluding hydrogens is 354 g/mol. The first-order valence-electron chi connectivity index (χ1n) is 7.51. The van der Waals surface area contributed by atoms with Crippen molar-refractivity contribution in [3.63, 3.8) is 0 Å². The number of ether oxygens (including phenoxy) is 5. The summed E-state index contributed by atoms with van der Waals surface area (Å²) in [5.41, 5.74) is 8.51. The minimum atomic E-state index is -1.47. The Morgan fingerprint density at radius 1 is 0.846 bits per heavy atom. The van der Waals surface area contributed by atoms with Crippen molar-refractivity contribution in [3.8, 4) is 0 Å². The SMILES string of the molecule is CC(=O)OC1[C@@H](OC(C)=O)OC(CN=[N+]=[N-])[C@@H](OC(C)=O)[C@@H]1OC(C)=O. The second-order valence-corrected chi connectivity index (χ2v) is 5.29. The van der Waals surface area contributed by atoms with Gasteiger partial charge >= 0.3 is 23.9 Å². The molecule has 0 aliphatic carbocycles. The summed E-state index contributed by atoms with van der Waals surface area (Å²) >= 11 is 0. The Morgan fingerprint density at radius 3 is 1.77 bits per heavy atom. The Morgan fingerprint density at radius 2 is 1.31 bits per heavy atom. The van der Waals surface area contributed by atoms with E-state index in [0.29, 0.717) is 0 Å². The summed E-state index contributed by atoms with van der Waals surface area (Å²) < 4.78 is 25.8. The Balaban J connectivity index is 3.32. The maximum atomic E-state index is 11.5. The van der Waals surface area contributed by atoms with Gasteiger partial charge in [0.25, 0.3) is 0 Å². The molecule has 1 aliphatic heterocycles. The lowest BCUT2D eigenvalue weighted by Crippen LogP contribution is -2.62. The van der Waals surface area contributed by atoms with Gasteiger partial charge in [-0.05, 0) is 5.53 Å². The van der Waals surface area contributed by atoms with Crippen molar-refractivity contribution in [3.05, 3.63) is 10.4 Å². The van der Waals surface area contributed by atoms with Gasteiger partial charge in [0.1, 0.15) is 6.10 Å². The Hall–Kier alpha value is -2.85. The highest BCUT2D eigenvalue weighted by Gasteiger charge is 2.52. The third kappa shape index (κ3) is 6.22. The molecule has 0 aromatic heterocycles. The Kier molecular flexibility index (Phi) is 7.81. The molecule has 0 aromatic rings. The molecule has 1 fully saturated rings. The van der Waals surface area contributed by atoms with E-state index in [0.717, 1.165) is 27.7 Å². The third-order valence-corrected chi connectivity index (χ3v) is 3.10. The number of hydrogen-bond acceptors (Lipinski definition) is 10. The fourth-order valence-corrected chi connectivity index (χ4v) is 2.38. The number of carbonyl (C=O) groups excluding carboxylic acids is 4. The minimum absolute atomic E-state index is 0.323. The number of nitrogens with zero attached hydrogens (tertiary/aromatic N) is 3. The molecular formula is C14H19N3O9. The lowest BCUT2D eigenvalue weighted by Gasteiger charge is -2.43. The topological polar surface area (TPSA) is 163 Å². The van der Waals surface area contributed by atoms with Gasteiger partial charge in [0.2, 0.25) is 12.4 Å². The monoisotopic (exact) mass is 373 g/mol. The zero-order chi connectivity index (χ0) is 19.9. The van der Waals surface area contributed by atoms with Crippen LogP contribution >= 0.6 is 0 Å². The molecule has 0 saturated carbocycles. The number of carbonyl (C=O) groups is 4. The first kappa shape index (κ1) is 21.2. The second-order valence-electron chi connectivity index (χ2n) is 5.29. The summed E-state index contributed by atoms with van der Waals surface area (Å²) in [5, 5.41) is 3.34. The molecule has 0 radical (unpaired) electrons. The van der Waals surface area contributed by atoms with Gasteiger partial charge in [-0.1, -0.05) is 5.11 Å². The number of azide groups is 1. The van der Waals surface area contributed by atoms with Crippen LogP contribution in [0.3, 0.4) is 0 Å². The van der Waals surface area contributed by atoms with Gasteiger partial charge in [-0.3, -0.25) is 19.2 Å². The van der Waals surface area contributed by atoms with E-state index >= 15 is 0 Å². The van der Waals surface area contributed by atoms with E-state index in [1.54, 1.807) is 0 Å². The van der Waals surface area contributed by atoms with Crippen LogP contribution < -0.4 is 0 Å². The summed E-state index contributed by atoms with van der Waals surface area (Å²) in [7, 11) is 0. The van der Waals surface area contributed by atoms with Crippen molar-refractivity contribution in [2.75, 3.05) is 6.54 Å². The van der Waals surface area contributed by atoms with Crippen LogP contribution in [-0.2, 0) is 42.9 Å². The molecule has 0 spiro atoms. The largest absolute Gasteiger partial charge is 0.456 e. The molecule has 0 amide bonds. The average molecular weight is 373 g/mol. The van der Waals surface area contributed by atoms with Crippen LogP contribution in [0.2, 0.25) is 0 Å². The average Bonchev–Trinajstić information content (AvgIpc) is 2.49. The van der Waals surface area contributed by atoms with Crippen LogP contribution in [0.4, 0.5) is 0 Å². The van der Waals surface area contributed by atoms with Crippen molar-refractivity contribution in [2.24, 2.45) is 5.11 Å². The molecule has 1 rings (SSSR count). The van der Waals surface area contributed by atoms with Gasteiger partial charge in [-0.15, -0.1) is 0 Å². The summed E-state index contributed by atoms with van der Waals surface area (Å²) in [5.74, 6) is -3.05. The Labute approximate surface area is 148 Å². The molecule has 1 heterocycles. The van der Waals surface area contributed by atoms with Gasteiger partial charge in [0, 0.05) is 32.6 Å². The van der Waals surface area contributed by atoms with Gasteiger partial charge in [0.15, 0.2) is 12.2 Å².